The van der Waals surface area contributed by atoms with E-state index in [1.807, 2.05) is 36.4 Å². The monoisotopic (exact) mass is 338 g/mol. The number of pyridine rings is 1. The van der Waals surface area contributed by atoms with Gasteiger partial charge >= 0.3 is 0 Å². The SMILES string of the molecule is COc1ccc(C(N)CSc2ccc(Br)cn2)cc1. The van der Waals surface area contributed by atoms with Gasteiger partial charge in [-0.15, -0.1) is 11.8 Å². The molecule has 1 heterocycles. The molecule has 2 rings (SSSR count). The minimum Gasteiger partial charge on any atom is -0.497 e. The molecule has 0 aliphatic carbocycles. The van der Waals surface area contributed by atoms with Crippen molar-refractivity contribution < 1.29 is 4.74 Å². The van der Waals surface area contributed by atoms with Gasteiger partial charge < -0.3 is 10.5 Å². The van der Waals surface area contributed by atoms with Crippen molar-refractivity contribution in [3.8, 4) is 5.75 Å². The van der Waals surface area contributed by atoms with Crippen LogP contribution in [-0.2, 0) is 0 Å². The smallest absolute Gasteiger partial charge is 0.118 e. The minimum atomic E-state index is -0.0126. The number of benzene rings is 1. The molecule has 0 aliphatic rings. The average Bonchev–Trinajstić information content (AvgIpc) is 2.46. The normalized spacial score (nSPS) is 12.2. The molecule has 2 N–H and O–H groups in total. The van der Waals surface area contributed by atoms with Gasteiger partial charge in [-0.25, -0.2) is 4.98 Å². The third-order valence-electron chi connectivity index (χ3n) is 2.65. The highest BCUT2D eigenvalue weighted by atomic mass is 79.9. The molecule has 1 atom stereocenters. The third kappa shape index (κ3) is 4.23. The molecule has 0 radical (unpaired) electrons. The van der Waals surface area contributed by atoms with Crippen LogP contribution in [0.25, 0.3) is 0 Å². The number of halogens is 1. The molecule has 0 fully saturated rings. The van der Waals surface area contributed by atoms with E-state index in [2.05, 4.69) is 20.9 Å². The van der Waals surface area contributed by atoms with Crippen LogP contribution >= 0.6 is 27.7 Å². The van der Waals surface area contributed by atoms with Crippen LogP contribution in [0.15, 0.2) is 52.1 Å². The first-order valence-corrected chi connectivity index (χ1v) is 7.61. The van der Waals surface area contributed by atoms with Crippen LogP contribution in [0.3, 0.4) is 0 Å². The van der Waals surface area contributed by atoms with Crippen molar-refractivity contribution in [1.82, 2.24) is 4.98 Å². The number of rotatable bonds is 5. The Bertz CT molecular complexity index is 516. The zero-order chi connectivity index (χ0) is 13.7. The Morgan fingerprint density at radius 2 is 2.00 bits per heavy atom. The summed E-state index contributed by atoms with van der Waals surface area (Å²) in [4.78, 5) is 4.31. The van der Waals surface area contributed by atoms with Gasteiger partial charge in [0.15, 0.2) is 0 Å². The lowest BCUT2D eigenvalue weighted by Gasteiger charge is -2.12. The lowest BCUT2D eigenvalue weighted by atomic mass is 10.1. The standard InChI is InChI=1S/C14H15BrN2OS/c1-18-12-5-2-10(3-6-12)13(16)9-19-14-7-4-11(15)8-17-14/h2-8,13H,9,16H2,1H3. The van der Waals surface area contributed by atoms with E-state index >= 15 is 0 Å². The molecule has 2 aromatic rings. The molecule has 0 amide bonds. The lowest BCUT2D eigenvalue weighted by molar-refractivity contribution is 0.414. The second kappa shape index (κ2) is 6.93. The van der Waals surface area contributed by atoms with Gasteiger partial charge in [0.2, 0.25) is 0 Å². The highest BCUT2D eigenvalue weighted by molar-refractivity contribution is 9.10. The Balaban J connectivity index is 1.93. The molecule has 100 valence electrons. The molecule has 1 aromatic carbocycles. The van der Waals surface area contributed by atoms with Gasteiger partial charge in [-0.3, -0.25) is 0 Å². The Morgan fingerprint density at radius 3 is 2.58 bits per heavy atom. The predicted octanol–water partition coefficient (Wildman–Crippen LogP) is 3.64. The Labute approximate surface area is 125 Å². The number of ether oxygens (including phenoxy) is 1. The lowest BCUT2D eigenvalue weighted by Crippen LogP contribution is -2.12. The number of nitrogens with two attached hydrogens (primary N) is 1. The fraction of sp³-hybridized carbons (Fsp3) is 0.214. The van der Waals surface area contributed by atoms with E-state index in [0.717, 1.165) is 26.6 Å². The van der Waals surface area contributed by atoms with Crippen molar-refractivity contribution in [2.45, 2.75) is 11.1 Å². The van der Waals surface area contributed by atoms with Crippen LogP contribution in [-0.4, -0.2) is 17.8 Å². The number of aromatic nitrogens is 1. The number of hydrogen-bond acceptors (Lipinski definition) is 4. The van der Waals surface area contributed by atoms with Crippen LogP contribution in [0.2, 0.25) is 0 Å². The molecule has 0 aliphatic heterocycles. The van der Waals surface area contributed by atoms with Crippen LogP contribution in [0.5, 0.6) is 5.75 Å². The zero-order valence-corrected chi connectivity index (χ0v) is 12.9. The summed E-state index contributed by atoms with van der Waals surface area (Å²) in [5, 5.41) is 0.979. The topological polar surface area (TPSA) is 48.1 Å². The first-order valence-electron chi connectivity index (χ1n) is 5.83. The van der Waals surface area contributed by atoms with Crippen molar-refractivity contribution in [3.63, 3.8) is 0 Å². The summed E-state index contributed by atoms with van der Waals surface area (Å²) in [6.07, 6.45) is 1.79. The summed E-state index contributed by atoms with van der Waals surface area (Å²) in [5.41, 5.74) is 7.27. The van der Waals surface area contributed by atoms with Gasteiger partial charge in [-0.2, -0.15) is 0 Å². The molecule has 0 spiro atoms. The van der Waals surface area contributed by atoms with Crippen LogP contribution in [0.1, 0.15) is 11.6 Å². The average molecular weight is 339 g/mol. The zero-order valence-electron chi connectivity index (χ0n) is 10.5. The summed E-state index contributed by atoms with van der Waals surface area (Å²) in [6, 6.07) is 11.8. The third-order valence-corrected chi connectivity index (χ3v) is 4.19. The Hall–Kier alpha value is -1.04. The van der Waals surface area contributed by atoms with E-state index in [9.17, 15) is 0 Å². The Kier molecular flexibility index (Phi) is 5.24. The second-order valence-corrected chi connectivity index (χ2v) is 5.96. The van der Waals surface area contributed by atoms with Gasteiger partial charge in [-0.05, 0) is 45.8 Å². The molecule has 0 bridgehead atoms. The quantitative estimate of drug-likeness (QED) is 0.845. The van der Waals surface area contributed by atoms with Crippen molar-refractivity contribution in [3.05, 3.63) is 52.6 Å². The van der Waals surface area contributed by atoms with E-state index in [4.69, 9.17) is 10.5 Å². The minimum absolute atomic E-state index is 0.0126. The van der Waals surface area contributed by atoms with Crippen molar-refractivity contribution in [2.24, 2.45) is 5.73 Å². The number of nitrogens with zero attached hydrogens (tertiary/aromatic N) is 1. The number of hydrogen-bond donors (Lipinski definition) is 1. The summed E-state index contributed by atoms with van der Waals surface area (Å²) in [6.45, 7) is 0. The van der Waals surface area contributed by atoms with Gasteiger partial charge in [0.1, 0.15) is 5.75 Å². The van der Waals surface area contributed by atoms with E-state index in [1.165, 1.54) is 0 Å². The van der Waals surface area contributed by atoms with Crippen molar-refractivity contribution in [2.75, 3.05) is 12.9 Å². The van der Waals surface area contributed by atoms with Crippen LogP contribution < -0.4 is 10.5 Å². The molecule has 19 heavy (non-hydrogen) atoms. The first kappa shape index (κ1) is 14.4. The largest absolute Gasteiger partial charge is 0.497 e. The first-order chi connectivity index (χ1) is 9.19. The van der Waals surface area contributed by atoms with Crippen molar-refractivity contribution >= 4 is 27.7 Å². The fourth-order valence-electron chi connectivity index (χ4n) is 1.57. The summed E-state index contributed by atoms with van der Waals surface area (Å²) < 4.78 is 6.11. The van der Waals surface area contributed by atoms with Gasteiger partial charge in [0.25, 0.3) is 0 Å². The van der Waals surface area contributed by atoms with E-state index in [-0.39, 0.29) is 6.04 Å². The second-order valence-electron chi connectivity index (χ2n) is 4.01. The summed E-state index contributed by atoms with van der Waals surface area (Å²) in [5.74, 6) is 1.64. The van der Waals surface area contributed by atoms with E-state index in [0.29, 0.717) is 0 Å². The number of thioether (sulfide) groups is 1. The number of methoxy groups -OCH3 is 1. The highest BCUT2D eigenvalue weighted by Gasteiger charge is 2.07. The summed E-state index contributed by atoms with van der Waals surface area (Å²) in [7, 11) is 1.66. The van der Waals surface area contributed by atoms with E-state index in [1.54, 1.807) is 25.1 Å². The van der Waals surface area contributed by atoms with Gasteiger partial charge in [0, 0.05) is 22.5 Å². The maximum absolute atomic E-state index is 6.17. The maximum Gasteiger partial charge on any atom is 0.118 e. The molecular weight excluding hydrogens is 324 g/mol. The van der Waals surface area contributed by atoms with Crippen LogP contribution in [0, 0.1) is 0 Å². The van der Waals surface area contributed by atoms with Gasteiger partial charge in [0.05, 0.1) is 12.1 Å². The molecule has 3 nitrogen and oxygen atoms in total. The molecule has 1 aromatic heterocycles. The van der Waals surface area contributed by atoms with E-state index < -0.39 is 0 Å². The molecule has 1 unspecified atom stereocenters. The molecule has 0 saturated carbocycles. The molecule has 0 saturated heterocycles. The van der Waals surface area contributed by atoms with Crippen molar-refractivity contribution in [1.29, 1.82) is 0 Å². The predicted molar refractivity (Wildman–Crippen MR) is 82.6 cm³/mol. The molecular formula is C14H15BrN2OS. The molecule has 5 heteroatoms. The fourth-order valence-corrected chi connectivity index (χ4v) is 2.64. The highest BCUT2D eigenvalue weighted by Crippen LogP contribution is 2.24. The summed E-state index contributed by atoms with van der Waals surface area (Å²) >= 11 is 5.02. The maximum atomic E-state index is 6.17. The van der Waals surface area contributed by atoms with Crippen LogP contribution in [0.4, 0.5) is 0 Å². The Morgan fingerprint density at radius 1 is 1.26 bits per heavy atom. The van der Waals surface area contributed by atoms with Gasteiger partial charge in [-0.1, -0.05) is 12.1 Å².